The molecule has 2 aliphatic heterocycles. The maximum absolute atomic E-state index is 13.2. The molecule has 6 rings (SSSR count). The van der Waals surface area contributed by atoms with E-state index in [9.17, 15) is 9.59 Å². The highest BCUT2D eigenvalue weighted by Gasteiger charge is 2.28. The second-order valence-corrected chi connectivity index (χ2v) is 8.73. The number of fused-ring (bicyclic) bond motifs is 2. The second-order valence-electron chi connectivity index (χ2n) is 8.73. The Morgan fingerprint density at radius 2 is 1.75 bits per heavy atom. The number of aryl methyl sites for hydroxylation is 1. The highest BCUT2D eigenvalue weighted by Crippen LogP contribution is 2.33. The van der Waals surface area contributed by atoms with Gasteiger partial charge >= 0.3 is 0 Å². The minimum Gasteiger partial charge on any atom is -0.454 e. The molecule has 0 saturated carbocycles. The Hall–Kier alpha value is -4.53. The zero-order chi connectivity index (χ0) is 24.6. The quantitative estimate of drug-likeness (QED) is 0.466. The monoisotopic (exact) mass is 484 g/mol. The van der Waals surface area contributed by atoms with Crippen LogP contribution in [0.15, 0.2) is 65.2 Å². The lowest BCUT2D eigenvalue weighted by Crippen LogP contribution is -2.49. The fraction of sp³-hybridized carbons (Fsp3) is 0.222. The molecule has 9 nitrogen and oxygen atoms in total. The van der Waals surface area contributed by atoms with Crippen molar-refractivity contribution in [1.82, 2.24) is 9.88 Å². The van der Waals surface area contributed by atoms with E-state index in [1.54, 1.807) is 35.4 Å². The molecule has 0 atom stereocenters. The van der Waals surface area contributed by atoms with Gasteiger partial charge in [-0.3, -0.25) is 9.59 Å². The van der Waals surface area contributed by atoms with Crippen LogP contribution in [0.4, 0.5) is 11.5 Å². The molecule has 2 aliphatic rings. The Morgan fingerprint density at radius 3 is 2.58 bits per heavy atom. The first-order valence-electron chi connectivity index (χ1n) is 11.8. The van der Waals surface area contributed by atoms with Gasteiger partial charge in [0.1, 0.15) is 5.58 Å². The number of ether oxygens (including phenoxy) is 2. The molecular weight excluding hydrogens is 460 g/mol. The number of furan rings is 1. The molecule has 1 fully saturated rings. The van der Waals surface area contributed by atoms with E-state index in [0.717, 1.165) is 10.9 Å². The summed E-state index contributed by atoms with van der Waals surface area (Å²) in [6.07, 6.45) is 1.70. The number of carbonyl (C=O) groups excluding carboxylic acids is 2. The molecule has 2 aromatic heterocycles. The van der Waals surface area contributed by atoms with Crippen molar-refractivity contribution < 1.29 is 23.5 Å². The van der Waals surface area contributed by atoms with E-state index >= 15 is 0 Å². The molecule has 1 saturated heterocycles. The number of rotatable bonds is 4. The van der Waals surface area contributed by atoms with Gasteiger partial charge in [-0.1, -0.05) is 18.2 Å². The van der Waals surface area contributed by atoms with Gasteiger partial charge in [0.2, 0.25) is 6.79 Å². The number of carbonyl (C=O) groups is 2. The SMILES string of the molecule is Cc1c(C(=O)N2CCN(c3ncccc3NC(=O)c3ccc4c(c3)OCO4)CC2)oc2ccccc12. The zero-order valence-electron chi connectivity index (χ0n) is 19.7. The average molecular weight is 485 g/mol. The largest absolute Gasteiger partial charge is 0.454 e. The summed E-state index contributed by atoms with van der Waals surface area (Å²) in [6, 6.07) is 16.4. The van der Waals surface area contributed by atoms with Crippen molar-refractivity contribution in [2.24, 2.45) is 0 Å². The molecule has 4 aromatic rings. The predicted molar refractivity (Wildman–Crippen MR) is 134 cm³/mol. The van der Waals surface area contributed by atoms with Crippen LogP contribution in [0.1, 0.15) is 26.5 Å². The van der Waals surface area contributed by atoms with Crippen molar-refractivity contribution >= 4 is 34.3 Å². The summed E-state index contributed by atoms with van der Waals surface area (Å²) >= 11 is 0. The number of pyridine rings is 1. The lowest BCUT2D eigenvalue weighted by atomic mass is 10.1. The summed E-state index contributed by atoms with van der Waals surface area (Å²) in [5, 5.41) is 3.92. The molecule has 9 heteroatoms. The van der Waals surface area contributed by atoms with Gasteiger partial charge in [0.15, 0.2) is 23.1 Å². The number of hydrogen-bond donors (Lipinski definition) is 1. The van der Waals surface area contributed by atoms with Crippen LogP contribution in [0.25, 0.3) is 11.0 Å². The molecule has 0 spiro atoms. The third-order valence-electron chi connectivity index (χ3n) is 6.57. The first kappa shape index (κ1) is 22.0. The highest BCUT2D eigenvalue weighted by molar-refractivity contribution is 6.06. The van der Waals surface area contributed by atoms with E-state index in [4.69, 9.17) is 13.9 Å². The van der Waals surface area contributed by atoms with Crippen LogP contribution in [-0.4, -0.2) is 54.7 Å². The fourth-order valence-electron chi connectivity index (χ4n) is 4.62. The van der Waals surface area contributed by atoms with E-state index in [-0.39, 0.29) is 18.6 Å². The van der Waals surface area contributed by atoms with Crippen LogP contribution in [0.2, 0.25) is 0 Å². The number of para-hydroxylation sites is 1. The summed E-state index contributed by atoms with van der Waals surface area (Å²) < 4.78 is 16.6. The van der Waals surface area contributed by atoms with E-state index in [2.05, 4.69) is 15.2 Å². The Labute approximate surface area is 207 Å². The number of nitrogens with zero attached hydrogens (tertiary/aromatic N) is 3. The smallest absolute Gasteiger partial charge is 0.290 e. The van der Waals surface area contributed by atoms with Crippen LogP contribution in [0.5, 0.6) is 11.5 Å². The molecule has 0 radical (unpaired) electrons. The van der Waals surface area contributed by atoms with Crippen LogP contribution in [-0.2, 0) is 0 Å². The van der Waals surface area contributed by atoms with Crippen LogP contribution < -0.4 is 19.7 Å². The Bertz CT molecular complexity index is 1470. The third-order valence-corrected chi connectivity index (χ3v) is 6.57. The van der Waals surface area contributed by atoms with Gasteiger partial charge in [-0.2, -0.15) is 0 Å². The van der Waals surface area contributed by atoms with E-state index in [0.29, 0.717) is 66.1 Å². The van der Waals surface area contributed by atoms with Gasteiger partial charge in [0, 0.05) is 48.9 Å². The summed E-state index contributed by atoms with van der Waals surface area (Å²) in [7, 11) is 0. The molecule has 2 amide bonds. The Kier molecular flexibility index (Phi) is 5.44. The Balaban J connectivity index is 1.15. The van der Waals surface area contributed by atoms with Gasteiger partial charge in [-0.05, 0) is 43.3 Å². The zero-order valence-corrected chi connectivity index (χ0v) is 19.7. The molecule has 0 bridgehead atoms. The lowest BCUT2D eigenvalue weighted by Gasteiger charge is -2.35. The van der Waals surface area contributed by atoms with Gasteiger partial charge in [0.05, 0.1) is 5.69 Å². The number of nitrogens with one attached hydrogen (secondary N) is 1. The Morgan fingerprint density at radius 1 is 0.944 bits per heavy atom. The van der Waals surface area contributed by atoms with Crippen LogP contribution in [0.3, 0.4) is 0 Å². The minimum absolute atomic E-state index is 0.110. The topological polar surface area (TPSA) is 97.1 Å². The first-order chi connectivity index (χ1) is 17.6. The molecule has 36 heavy (non-hydrogen) atoms. The number of benzene rings is 2. The maximum Gasteiger partial charge on any atom is 0.290 e. The number of hydrogen-bond acceptors (Lipinski definition) is 7. The van der Waals surface area contributed by atoms with Gasteiger partial charge in [-0.25, -0.2) is 4.98 Å². The summed E-state index contributed by atoms with van der Waals surface area (Å²) in [5.41, 5.74) is 2.64. The molecule has 0 aliphatic carbocycles. The number of anilines is 2. The summed E-state index contributed by atoms with van der Waals surface area (Å²) in [6.45, 7) is 4.25. The van der Waals surface area contributed by atoms with Crippen molar-refractivity contribution in [3.63, 3.8) is 0 Å². The highest BCUT2D eigenvalue weighted by atomic mass is 16.7. The van der Waals surface area contributed by atoms with Crippen LogP contribution >= 0.6 is 0 Å². The van der Waals surface area contributed by atoms with Gasteiger partial charge < -0.3 is 29.0 Å². The fourth-order valence-corrected chi connectivity index (χ4v) is 4.62. The number of amides is 2. The van der Waals surface area contributed by atoms with Crippen molar-refractivity contribution in [3.8, 4) is 11.5 Å². The van der Waals surface area contributed by atoms with Crippen molar-refractivity contribution in [1.29, 1.82) is 0 Å². The van der Waals surface area contributed by atoms with Crippen LogP contribution in [0, 0.1) is 6.92 Å². The average Bonchev–Trinajstić information content (AvgIpc) is 3.53. The first-order valence-corrected chi connectivity index (χ1v) is 11.8. The third kappa shape index (κ3) is 3.88. The standard InChI is InChI=1S/C27H24N4O5/c1-17-19-5-2-3-7-21(19)36-24(17)27(33)31-13-11-30(12-14-31)25-20(6-4-10-28-25)29-26(32)18-8-9-22-23(15-18)35-16-34-22/h2-10,15H,11-14,16H2,1H3,(H,29,32). The molecule has 4 heterocycles. The van der Waals surface area contributed by atoms with Crippen molar-refractivity contribution in [3.05, 3.63) is 77.7 Å². The summed E-state index contributed by atoms with van der Waals surface area (Å²) in [4.78, 5) is 34.5. The minimum atomic E-state index is -0.267. The normalized spacial score (nSPS) is 14.8. The van der Waals surface area contributed by atoms with E-state index < -0.39 is 0 Å². The molecule has 182 valence electrons. The number of piperazine rings is 1. The van der Waals surface area contributed by atoms with Crippen molar-refractivity contribution in [2.45, 2.75) is 6.92 Å². The van der Waals surface area contributed by atoms with E-state index in [1.165, 1.54) is 0 Å². The van der Waals surface area contributed by atoms with Gasteiger partial charge in [-0.15, -0.1) is 0 Å². The second kappa shape index (κ2) is 8.92. The molecule has 1 N–H and O–H groups in total. The summed E-state index contributed by atoms with van der Waals surface area (Å²) in [5.74, 6) is 1.85. The number of aromatic nitrogens is 1. The predicted octanol–water partition coefficient (Wildman–Crippen LogP) is 4.08. The molecule has 2 aromatic carbocycles. The molecule has 0 unspecified atom stereocenters. The molecular formula is C27H24N4O5. The van der Waals surface area contributed by atoms with E-state index in [1.807, 2.05) is 37.3 Å². The lowest BCUT2D eigenvalue weighted by molar-refractivity contribution is 0.0716. The maximum atomic E-state index is 13.2. The van der Waals surface area contributed by atoms with Gasteiger partial charge in [0.25, 0.3) is 11.8 Å². The van der Waals surface area contributed by atoms with Crippen molar-refractivity contribution in [2.75, 3.05) is 43.2 Å².